The number of rotatable bonds is 4. The maximum Gasteiger partial charge on any atom is 0.222 e. The third-order valence-electron chi connectivity index (χ3n) is 3.48. The predicted octanol–water partition coefficient (Wildman–Crippen LogP) is 1.25. The van der Waals surface area contributed by atoms with E-state index in [-0.39, 0.29) is 18.4 Å². The monoisotopic (exact) mass is 248 g/mol. The number of aliphatic hydroxyl groups is 1. The molecule has 0 saturated carbocycles. The topological polar surface area (TPSA) is 53.4 Å². The molecule has 0 aromatic carbocycles. The van der Waals surface area contributed by atoms with Gasteiger partial charge in [0.25, 0.3) is 0 Å². The van der Waals surface area contributed by atoms with Gasteiger partial charge in [-0.15, -0.1) is 0 Å². The number of amides is 1. The van der Waals surface area contributed by atoms with Gasteiger partial charge in [0.2, 0.25) is 5.91 Å². The molecule has 1 aliphatic heterocycles. The smallest absolute Gasteiger partial charge is 0.222 e. The third kappa shape index (κ3) is 3.53. The van der Waals surface area contributed by atoms with Crippen LogP contribution in [0.1, 0.15) is 24.8 Å². The summed E-state index contributed by atoms with van der Waals surface area (Å²) in [6.07, 6.45) is 6.85. The van der Waals surface area contributed by atoms with Crippen molar-refractivity contribution in [2.45, 2.75) is 25.7 Å². The Balaban J connectivity index is 1.81. The molecule has 1 fully saturated rings. The number of carbonyl (C=O) groups is 1. The van der Waals surface area contributed by atoms with E-state index in [1.807, 2.05) is 17.0 Å². The first-order valence-electron chi connectivity index (χ1n) is 6.57. The second-order valence-electron chi connectivity index (χ2n) is 4.89. The highest BCUT2D eigenvalue weighted by molar-refractivity contribution is 5.76. The molecule has 1 aliphatic rings. The van der Waals surface area contributed by atoms with Gasteiger partial charge in [-0.25, -0.2) is 0 Å². The molecule has 1 N–H and O–H groups in total. The van der Waals surface area contributed by atoms with Gasteiger partial charge in [0.05, 0.1) is 0 Å². The Morgan fingerprint density at radius 3 is 3.17 bits per heavy atom. The summed E-state index contributed by atoms with van der Waals surface area (Å²) in [5.74, 6) is 0.457. The van der Waals surface area contributed by atoms with Crippen LogP contribution in [0.2, 0.25) is 0 Å². The normalized spacial score (nSPS) is 19.8. The molecule has 2 rings (SSSR count). The van der Waals surface area contributed by atoms with Crippen molar-refractivity contribution in [2.24, 2.45) is 5.92 Å². The molecule has 1 aromatic heterocycles. The van der Waals surface area contributed by atoms with Crippen molar-refractivity contribution in [3.63, 3.8) is 0 Å². The van der Waals surface area contributed by atoms with Crippen molar-refractivity contribution >= 4 is 5.91 Å². The van der Waals surface area contributed by atoms with Crippen LogP contribution in [0.4, 0.5) is 0 Å². The van der Waals surface area contributed by atoms with Crippen LogP contribution in [0.3, 0.4) is 0 Å². The summed E-state index contributed by atoms with van der Waals surface area (Å²) in [4.78, 5) is 18.0. The molecule has 1 aromatic rings. The summed E-state index contributed by atoms with van der Waals surface area (Å²) in [6, 6.07) is 3.88. The summed E-state index contributed by atoms with van der Waals surface area (Å²) in [6.45, 7) is 1.73. The minimum absolute atomic E-state index is 0.187. The lowest BCUT2D eigenvalue weighted by atomic mass is 9.98. The molecular weight excluding hydrogens is 228 g/mol. The van der Waals surface area contributed by atoms with Gasteiger partial charge in [-0.1, -0.05) is 6.07 Å². The number of piperidine rings is 1. The molecule has 98 valence electrons. The molecule has 0 bridgehead atoms. The van der Waals surface area contributed by atoms with E-state index >= 15 is 0 Å². The van der Waals surface area contributed by atoms with Crippen LogP contribution in [-0.4, -0.2) is 40.6 Å². The second-order valence-corrected chi connectivity index (χ2v) is 4.89. The summed E-state index contributed by atoms with van der Waals surface area (Å²) in [5, 5.41) is 9.15. The standard InChI is InChI=1S/C14H20N2O2/c17-11-13-4-2-8-16(10-13)14(18)6-5-12-3-1-7-15-9-12/h1,3,7,9,13,17H,2,4-6,8,10-11H2. The Morgan fingerprint density at radius 1 is 1.56 bits per heavy atom. The zero-order valence-electron chi connectivity index (χ0n) is 10.6. The maximum absolute atomic E-state index is 12.1. The number of likely N-dealkylation sites (tertiary alicyclic amines) is 1. The van der Waals surface area contributed by atoms with Gasteiger partial charge in [-0.3, -0.25) is 9.78 Å². The molecule has 0 radical (unpaired) electrons. The largest absolute Gasteiger partial charge is 0.396 e. The summed E-state index contributed by atoms with van der Waals surface area (Å²) in [7, 11) is 0. The van der Waals surface area contributed by atoms with Crippen LogP contribution < -0.4 is 0 Å². The van der Waals surface area contributed by atoms with Gasteiger partial charge in [0.1, 0.15) is 0 Å². The molecule has 0 aliphatic carbocycles. The fraction of sp³-hybridized carbons (Fsp3) is 0.571. The lowest BCUT2D eigenvalue weighted by molar-refractivity contribution is -0.133. The van der Waals surface area contributed by atoms with Crippen LogP contribution in [0, 0.1) is 5.92 Å². The molecule has 18 heavy (non-hydrogen) atoms. The van der Waals surface area contributed by atoms with Crippen molar-refractivity contribution in [3.8, 4) is 0 Å². The van der Waals surface area contributed by atoms with Crippen molar-refractivity contribution in [1.82, 2.24) is 9.88 Å². The highest BCUT2D eigenvalue weighted by Crippen LogP contribution is 2.17. The first-order valence-corrected chi connectivity index (χ1v) is 6.57. The van der Waals surface area contributed by atoms with E-state index in [4.69, 9.17) is 5.11 Å². The summed E-state index contributed by atoms with van der Waals surface area (Å²) >= 11 is 0. The fourth-order valence-electron chi connectivity index (χ4n) is 2.40. The van der Waals surface area contributed by atoms with Gasteiger partial charge >= 0.3 is 0 Å². The van der Waals surface area contributed by atoms with Crippen molar-refractivity contribution < 1.29 is 9.90 Å². The molecule has 4 nitrogen and oxygen atoms in total. The Hall–Kier alpha value is -1.42. The highest BCUT2D eigenvalue weighted by atomic mass is 16.3. The van der Waals surface area contributed by atoms with E-state index in [0.29, 0.717) is 13.0 Å². The Labute approximate surface area is 108 Å². The second kappa shape index (κ2) is 6.50. The lowest BCUT2D eigenvalue weighted by Crippen LogP contribution is -2.41. The SMILES string of the molecule is O=C(CCc1cccnc1)N1CCCC(CO)C1. The molecule has 0 spiro atoms. The van der Waals surface area contributed by atoms with Crippen LogP contribution in [0.25, 0.3) is 0 Å². The number of aliphatic hydroxyl groups excluding tert-OH is 1. The van der Waals surface area contributed by atoms with Crippen LogP contribution in [0.5, 0.6) is 0 Å². The molecule has 2 heterocycles. The minimum atomic E-state index is 0.187. The number of hydrogen-bond acceptors (Lipinski definition) is 3. The van der Waals surface area contributed by atoms with Crippen LogP contribution >= 0.6 is 0 Å². The fourth-order valence-corrected chi connectivity index (χ4v) is 2.40. The van der Waals surface area contributed by atoms with Gasteiger partial charge in [0.15, 0.2) is 0 Å². The van der Waals surface area contributed by atoms with E-state index < -0.39 is 0 Å². The number of pyridine rings is 1. The van der Waals surface area contributed by atoms with E-state index in [0.717, 1.165) is 31.4 Å². The van der Waals surface area contributed by atoms with E-state index in [1.54, 1.807) is 12.4 Å². The zero-order valence-corrected chi connectivity index (χ0v) is 10.6. The van der Waals surface area contributed by atoms with Crippen molar-refractivity contribution in [3.05, 3.63) is 30.1 Å². The van der Waals surface area contributed by atoms with Crippen molar-refractivity contribution in [2.75, 3.05) is 19.7 Å². The number of nitrogens with zero attached hydrogens (tertiary/aromatic N) is 2. The lowest BCUT2D eigenvalue weighted by Gasteiger charge is -2.32. The molecule has 4 heteroatoms. The van der Waals surface area contributed by atoms with Gasteiger partial charge in [-0.05, 0) is 36.8 Å². The number of aryl methyl sites for hydroxylation is 1. The maximum atomic E-state index is 12.1. The first-order chi connectivity index (χ1) is 8.79. The third-order valence-corrected chi connectivity index (χ3v) is 3.48. The number of aromatic nitrogens is 1. The van der Waals surface area contributed by atoms with Gasteiger partial charge < -0.3 is 10.0 Å². The summed E-state index contributed by atoms with van der Waals surface area (Å²) < 4.78 is 0. The molecule has 1 amide bonds. The highest BCUT2D eigenvalue weighted by Gasteiger charge is 2.22. The van der Waals surface area contributed by atoms with Crippen LogP contribution in [-0.2, 0) is 11.2 Å². The Bertz CT molecular complexity index is 381. The van der Waals surface area contributed by atoms with Crippen LogP contribution in [0.15, 0.2) is 24.5 Å². The Morgan fingerprint density at radius 2 is 2.44 bits per heavy atom. The minimum Gasteiger partial charge on any atom is -0.396 e. The zero-order chi connectivity index (χ0) is 12.8. The van der Waals surface area contributed by atoms with E-state index in [2.05, 4.69) is 4.98 Å². The summed E-state index contributed by atoms with van der Waals surface area (Å²) in [5.41, 5.74) is 1.10. The number of hydrogen-bond donors (Lipinski definition) is 1. The predicted molar refractivity (Wildman–Crippen MR) is 68.9 cm³/mol. The molecule has 1 unspecified atom stereocenters. The van der Waals surface area contributed by atoms with E-state index in [9.17, 15) is 4.79 Å². The first kappa shape index (κ1) is 13.0. The van der Waals surface area contributed by atoms with Crippen molar-refractivity contribution in [1.29, 1.82) is 0 Å². The quantitative estimate of drug-likeness (QED) is 0.872. The van der Waals surface area contributed by atoms with Gasteiger partial charge in [-0.2, -0.15) is 0 Å². The number of carbonyl (C=O) groups excluding carboxylic acids is 1. The molecular formula is C14H20N2O2. The molecule has 1 atom stereocenters. The average molecular weight is 248 g/mol. The van der Waals surface area contributed by atoms with E-state index in [1.165, 1.54) is 0 Å². The van der Waals surface area contributed by atoms with Gasteiger partial charge in [0, 0.05) is 38.5 Å². The Kier molecular flexibility index (Phi) is 4.70. The molecule has 1 saturated heterocycles. The average Bonchev–Trinajstić information content (AvgIpc) is 2.46.